The zero-order chi connectivity index (χ0) is 12.4. The van der Waals surface area contributed by atoms with Gasteiger partial charge in [-0.1, -0.05) is 48.5 Å². The lowest BCUT2D eigenvalue weighted by molar-refractivity contribution is 1.54. The van der Waals surface area contributed by atoms with E-state index in [0.29, 0.717) is 0 Å². The summed E-state index contributed by atoms with van der Waals surface area (Å²) in [5, 5.41) is 13.5. The molecular formula is C17H11N. The zero-order valence-electron chi connectivity index (χ0n) is 9.80. The molecule has 0 aromatic heterocycles. The maximum absolute atomic E-state index is 8.73. The van der Waals surface area contributed by atoms with Crippen LogP contribution in [0.2, 0.25) is 0 Å². The summed E-state index contributed by atoms with van der Waals surface area (Å²) in [5.74, 6) is 0. The fourth-order valence-electron chi connectivity index (χ4n) is 2.35. The normalized spacial score (nSPS) is 11.1. The molecule has 0 heterocycles. The number of nitrogens with zero attached hydrogens (tertiary/aromatic N) is 1. The minimum absolute atomic E-state index is 1.12. The minimum atomic E-state index is 1.12. The first kappa shape index (κ1) is 10.6. The lowest BCUT2D eigenvalue weighted by Gasteiger charge is -2.07. The molecule has 18 heavy (non-hydrogen) atoms. The van der Waals surface area contributed by atoms with Crippen molar-refractivity contribution in [2.45, 2.75) is 0 Å². The number of nitriles is 1. The molecule has 0 spiro atoms. The third-order valence-electron chi connectivity index (χ3n) is 3.14. The molecule has 0 aliphatic rings. The molecule has 3 aromatic rings. The first-order chi connectivity index (χ1) is 8.90. The van der Waals surface area contributed by atoms with Crippen molar-refractivity contribution in [2.75, 3.05) is 0 Å². The largest absolute Gasteiger partial charge is 0.193 e. The van der Waals surface area contributed by atoms with Gasteiger partial charge in [0.05, 0.1) is 6.07 Å². The van der Waals surface area contributed by atoms with Crippen LogP contribution in [0.25, 0.3) is 27.6 Å². The van der Waals surface area contributed by atoms with Crippen molar-refractivity contribution in [1.29, 1.82) is 5.26 Å². The van der Waals surface area contributed by atoms with Gasteiger partial charge in [0.15, 0.2) is 0 Å². The van der Waals surface area contributed by atoms with E-state index in [4.69, 9.17) is 5.26 Å². The fourth-order valence-corrected chi connectivity index (χ4v) is 2.35. The summed E-state index contributed by atoms with van der Waals surface area (Å²) in [5.41, 5.74) is 1.12. The van der Waals surface area contributed by atoms with Gasteiger partial charge in [-0.3, -0.25) is 0 Å². The van der Waals surface area contributed by atoms with Crippen LogP contribution in [0.15, 0.2) is 60.7 Å². The smallest absolute Gasteiger partial charge is 0.0912 e. The molecule has 0 aliphatic heterocycles. The topological polar surface area (TPSA) is 23.8 Å². The third-order valence-corrected chi connectivity index (χ3v) is 3.14. The predicted molar refractivity (Wildman–Crippen MR) is 76.1 cm³/mol. The Morgan fingerprint density at radius 1 is 0.833 bits per heavy atom. The Labute approximate surface area is 106 Å². The molecule has 0 unspecified atom stereocenters. The molecule has 0 atom stereocenters. The van der Waals surface area contributed by atoms with Crippen molar-refractivity contribution in [3.63, 3.8) is 0 Å². The summed E-state index contributed by atoms with van der Waals surface area (Å²) in [7, 11) is 0. The van der Waals surface area contributed by atoms with Crippen LogP contribution in [0.4, 0.5) is 0 Å². The Kier molecular flexibility index (Phi) is 2.55. The van der Waals surface area contributed by atoms with Crippen LogP contribution in [0.5, 0.6) is 0 Å². The van der Waals surface area contributed by atoms with Gasteiger partial charge in [0.25, 0.3) is 0 Å². The highest BCUT2D eigenvalue weighted by molar-refractivity contribution is 6.06. The average Bonchev–Trinajstić information content (AvgIpc) is 2.43. The fraction of sp³-hybridized carbons (Fsp3) is 0. The Bertz CT molecular complexity index is 737. The average molecular weight is 229 g/mol. The van der Waals surface area contributed by atoms with Gasteiger partial charge in [-0.15, -0.1) is 0 Å². The molecule has 0 radical (unpaired) electrons. The summed E-state index contributed by atoms with van der Waals surface area (Å²) >= 11 is 0. The molecule has 0 saturated carbocycles. The van der Waals surface area contributed by atoms with Crippen LogP contribution in [-0.4, -0.2) is 0 Å². The predicted octanol–water partition coefficient (Wildman–Crippen LogP) is 4.53. The van der Waals surface area contributed by atoms with Crippen LogP contribution < -0.4 is 0 Å². The number of hydrogen-bond acceptors (Lipinski definition) is 1. The van der Waals surface area contributed by atoms with E-state index in [2.05, 4.69) is 36.4 Å². The summed E-state index contributed by atoms with van der Waals surface area (Å²) in [4.78, 5) is 0. The van der Waals surface area contributed by atoms with Crippen LogP contribution in [-0.2, 0) is 0 Å². The molecule has 0 amide bonds. The number of hydrogen-bond donors (Lipinski definition) is 0. The van der Waals surface area contributed by atoms with E-state index in [0.717, 1.165) is 5.56 Å². The van der Waals surface area contributed by atoms with E-state index in [1.165, 1.54) is 27.6 Å². The lowest BCUT2D eigenvalue weighted by atomic mass is 9.96. The Morgan fingerprint density at radius 3 is 1.94 bits per heavy atom. The summed E-state index contributed by atoms with van der Waals surface area (Å²) < 4.78 is 0. The van der Waals surface area contributed by atoms with Crippen LogP contribution in [0.1, 0.15) is 5.56 Å². The SMILES string of the molecule is N#C/C=C/c1c2ccccc2cc2ccccc12. The van der Waals surface area contributed by atoms with Crippen molar-refractivity contribution in [2.24, 2.45) is 0 Å². The van der Waals surface area contributed by atoms with Gasteiger partial charge in [-0.25, -0.2) is 0 Å². The van der Waals surface area contributed by atoms with Gasteiger partial charge >= 0.3 is 0 Å². The Morgan fingerprint density at radius 2 is 1.39 bits per heavy atom. The van der Waals surface area contributed by atoms with Crippen LogP contribution >= 0.6 is 0 Å². The molecule has 0 fully saturated rings. The van der Waals surface area contributed by atoms with Gasteiger partial charge in [0.2, 0.25) is 0 Å². The summed E-state index contributed by atoms with van der Waals surface area (Å²) in [6, 6.07) is 20.8. The van der Waals surface area contributed by atoms with E-state index < -0.39 is 0 Å². The summed E-state index contributed by atoms with van der Waals surface area (Å²) in [6.07, 6.45) is 3.43. The van der Waals surface area contributed by atoms with Crippen molar-refractivity contribution < 1.29 is 0 Å². The molecule has 1 heteroatoms. The highest BCUT2D eigenvalue weighted by atomic mass is 14.2. The number of rotatable bonds is 1. The molecule has 1 nitrogen and oxygen atoms in total. The van der Waals surface area contributed by atoms with Crippen LogP contribution in [0.3, 0.4) is 0 Å². The second-order valence-electron chi connectivity index (χ2n) is 4.19. The van der Waals surface area contributed by atoms with E-state index in [9.17, 15) is 0 Å². The molecule has 0 bridgehead atoms. The number of allylic oxidation sites excluding steroid dienone is 1. The highest BCUT2D eigenvalue weighted by Gasteiger charge is 2.03. The first-order valence-electron chi connectivity index (χ1n) is 5.87. The minimum Gasteiger partial charge on any atom is -0.193 e. The van der Waals surface area contributed by atoms with E-state index >= 15 is 0 Å². The summed E-state index contributed by atoms with van der Waals surface area (Å²) in [6.45, 7) is 0. The Balaban J connectivity index is 2.50. The molecule has 3 rings (SSSR count). The van der Waals surface area contributed by atoms with E-state index in [1.54, 1.807) is 0 Å². The lowest BCUT2D eigenvalue weighted by Crippen LogP contribution is -1.82. The zero-order valence-corrected chi connectivity index (χ0v) is 9.80. The van der Waals surface area contributed by atoms with Crippen molar-refractivity contribution in [3.8, 4) is 6.07 Å². The second-order valence-corrected chi connectivity index (χ2v) is 4.19. The van der Waals surface area contributed by atoms with Crippen LogP contribution in [0, 0.1) is 11.3 Å². The van der Waals surface area contributed by atoms with Crippen molar-refractivity contribution in [3.05, 3.63) is 66.2 Å². The maximum Gasteiger partial charge on any atom is 0.0912 e. The van der Waals surface area contributed by atoms with Crippen molar-refractivity contribution >= 4 is 27.6 Å². The van der Waals surface area contributed by atoms with E-state index in [-0.39, 0.29) is 0 Å². The third kappa shape index (κ3) is 1.65. The van der Waals surface area contributed by atoms with Crippen molar-refractivity contribution in [1.82, 2.24) is 0 Å². The molecule has 0 aliphatic carbocycles. The Hall–Kier alpha value is -2.59. The van der Waals surface area contributed by atoms with Gasteiger partial charge in [0.1, 0.15) is 0 Å². The molecule has 3 aromatic carbocycles. The molecular weight excluding hydrogens is 218 g/mol. The number of benzene rings is 3. The maximum atomic E-state index is 8.73. The van der Waals surface area contributed by atoms with Gasteiger partial charge < -0.3 is 0 Å². The van der Waals surface area contributed by atoms with Gasteiger partial charge in [-0.2, -0.15) is 5.26 Å². The highest BCUT2D eigenvalue weighted by Crippen LogP contribution is 2.29. The molecule has 0 N–H and O–H groups in total. The first-order valence-corrected chi connectivity index (χ1v) is 5.87. The monoisotopic (exact) mass is 229 g/mol. The second kappa shape index (κ2) is 4.35. The van der Waals surface area contributed by atoms with Gasteiger partial charge in [0, 0.05) is 6.08 Å². The van der Waals surface area contributed by atoms with E-state index in [1.807, 2.05) is 30.3 Å². The van der Waals surface area contributed by atoms with Gasteiger partial charge in [-0.05, 0) is 39.3 Å². The quantitative estimate of drug-likeness (QED) is 0.444. The number of fused-ring (bicyclic) bond motifs is 2. The standard InChI is InChI=1S/C17H11N/c18-11-5-10-17-15-8-3-1-6-13(15)12-14-7-2-4-9-16(14)17/h1-10,12H/b10-5+. The molecule has 84 valence electrons. The molecule has 0 saturated heterocycles.